The number of anilines is 2. The molecule has 0 aromatic heterocycles. The van der Waals surface area contributed by atoms with Gasteiger partial charge in [0.25, 0.3) is 15.9 Å². The van der Waals surface area contributed by atoms with E-state index in [1.54, 1.807) is 12.1 Å². The summed E-state index contributed by atoms with van der Waals surface area (Å²) in [5.74, 6) is -0.200. The van der Waals surface area contributed by atoms with Gasteiger partial charge in [-0.1, -0.05) is 25.1 Å². The number of ether oxygens (including phenoxy) is 1. The average Bonchev–Trinajstić information content (AvgIpc) is 2.83. The number of benzene rings is 3. The number of para-hydroxylation sites is 1. The third kappa shape index (κ3) is 6.58. The third-order valence-electron chi connectivity index (χ3n) is 4.93. The lowest BCUT2D eigenvalue weighted by Gasteiger charge is -2.11. The molecule has 0 aliphatic carbocycles. The Bertz CT molecular complexity index is 1240. The summed E-state index contributed by atoms with van der Waals surface area (Å²) in [6.45, 7) is 4.14. The molecule has 0 aliphatic rings. The van der Waals surface area contributed by atoms with Crippen LogP contribution in [0.2, 0.25) is 0 Å². The third-order valence-corrected chi connectivity index (χ3v) is 6.32. The van der Waals surface area contributed by atoms with Crippen molar-refractivity contribution in [3.63, 3.8) is 0 Å². The van der Waals surface area contributed by atoms with Crippen molar-refractivity contribution in [3.8, 4) is 5.75 Å². The molecule has 3 rings (SSSR count). The van der Waals surface area contributed by atoms with Crippen LogP contribution in [0.4, 0.5) is 11.4 Å². The number of carbonyl (C=O) groups excluding carboxylic acids is 2. The van der Waals surface area contributed by atoms with Gasteiger partial charge in [0.2, 0.25) is 5.91 Å². The van der Waals surface area contributed by atoms with Gasteiger partial charge >= 0.3 is 0 Å². The molecule has 0 radical (unpaired) electrons. The number of aryl methyl sites for hydroxylation is 1. The van der Waals surface area contributed by atoms with Gasteiger partial charge in [0, 0.05) is 16.9 Å². The van der Waals surface area contributed by atoms with Gasteiger partial charge in [-0.05, 0) is 73.5 Å². The quantitative estimate of drug-likeness (QED) is 0.407. The summed E-state index contributed by atoms with van der Waals surface area (Å²) in [6.07, 6.45) is 0.775. The van der Waals surface area contributed by atoms with Gasteiger partial charge in [-0.25, -0.2) is 8.42 Å². The predicted octanol–water partition coefficient (Wildman–Crippen LogP) is 3.82. The fourth-order valence-corrected chi connectivity index (χ4v) is 4.25. The Morgan fingerprint density at radius 1 is 0.882 bits per heavy atom. The van der Waals surface area contributed by atoms with Crippen molar-refractivity contribution in [1.82, 2.24) is 5.32 Å². The predicted molar refractivity (Wildman–Crippen MR) is 132 cm³/mol. The van der Waals surface area contributed by atoms with Crippen LogP contribution in [0.1, 0.15) is 29.8 Å². The summed E-state index contributed by atoms with van der Waals surface area (Å²) in [5, 5.41) is 5.36. The van der Waals surface area contributed by atoms with Crippen LogP contribution in [0.5, 0.6) is 5.75 Å². The molecule has 8 nitrogen and oxygen atoms in total. The van der Waals surface area contributed by atoms with E-state index in [0.29, 0.717) is 29.3 Å². The molecule has 0 saturated heterocycles. The van der Waals surface area contributed by atoms with E-state index in [2.05, 4.69) is 15.4 Å². The number of hydrogen-bond acceptors (Lipinski definition) is 5. The number of hydrogen-bond donors (Lipinski definition) is 3. The lowest BCUT2D eigenvalue weighted by Crippen LogP contribution is -2.33. The minimum atomic E-state index is -3.79. The molecule has 0 spiro atoms. The Morgan fingerprint density at radius 2 is 1.56 bits per heavy atom. The first-order valence-electron chi connectivity index (χ1n) is 10.8. The lowest BCUT2D eigenvalue weighted by molar-refractivity contribution is -0.115. The molecule has 34 heavy (non-hydrogen) atoms. The van der Waals surface area contributed by atoms with E-state index < -0.39 is 15.9 Å². The van der Waals surface area contributed by atoms with Crippen LogP contribution in [-0.2, 0) is 21.2 Å². The molecular weight excluding hydrogens is 454 g/mol. The highest BCUT2D eigenvalue weighted by atomic mass is 32.2. The maximum atomic E-state index is 12.6. The zero-order chi connectivity index (χ0) is 24.6. The van der Waals surface area contributed by atoms with Crippen molar-refractivity contribution < 1.29 is 22.7 Å². The van der Waals surface area contributed by atoms with Gasteiger partial charge in [0.05, 0.1) is 18.0 Å². The number of nitrogens with one attached hydrogen (secondary N) is 3. The van der Waals surface area contributed by atoms with Crippen LogP contribution in [-0.4, -0.2) is 33.4 Å². The summed E-state index contributed by atoms with van der Waals surface area (Å²) in [5.41, 5.74) is 2.32. The highest BCUT2D eigenvalue weighted by molar-refractivity contribution is 7.92. The Kier molecular flexibility index (Phi) is 8.26. The van der Waals surface area contributed by atoms with Crippen LogP contribution in [0, 0.1) is 0 Å². The van der Waals surface area contributed by atoms with E-state index in [0.717, 1.165) is 12.0 Å². The number of sulfonamides is 1. The summed E-state index contributed by atoms with van der Waals surface area (Å²) in [7, 11) is -3.79. The Morgan fingerprint density at radius 3 is 2.21 bits per heavy atom. The van der Waals surface area contributed by atoms with Crippen LogP contribution < -0.4 is 20.1 Å². The maximum absolute atomic E-state index is 12.6. The number of carbonyl (C=O) groups is 2. The topological polar surface area (TPSA) is 114 Å². The molecule has 0 unspecified atom stereocenters. The second kappa shape index (κ2) is 11.3. The molecule has 2 amide bonds. The Balaban J connectivity index is 1.56. The Hall–Kier alpha value is -3.85. The van der Waals surface area contributed by atoms with Gasteiger partial charge in [-0.2, -0.15) is 0 Å². The summed E-state index contributed by atoms with van der Waals surface area (Å²) < 4.78 is 33.0. The molecule has 0 bridgehead atoms. The lowest BCUT2D eigenvalue weighted by atomic mass is 10.1. The zero-order valence-electron chi connectivity index (χ0n) is 19.0. The van der Waals surface area contributed by atoms with Crippen LogP contribution in [0.25, 0.3) is 0 Å². The first-order chi connectivity index (χ1) is 16.3. The van der Waals surface area contributed by atoms with Crippen molar-refractivity contribution in [1.29, 1.82) is 0 Å². The molecule has 0 aliphatic heterocycles. The maximum Gasteiger partial charge on any atom is 0.261 e. The molecule has 0 atom stereocenters. The van der Waals surface area contributed by atoms with Gasteiger partial charge in [0.1, 0.15) is 5.75 Å². The van der Waals surface area contributed by atoms with Crippen molar-refractivity contribution in [2.75, 3.05) is 23.2 Å². The number of rotatable bonds is 10. The van der Waals surface area contributed by atoms with Crippen molar-refractivity contribution in [3.05, 3.63) is 83.9 Å². The van der Waals surface area contributed by atoms with E-state index >= 15 is 0 Å². The average molecular weight is 482 g/mol. The molecule has 3 aromatic rings. The standard InChI is InChI=1S/C25H27N3O5S/c1-3-18-7-5-6-8-23(18)27-24(29)17-26-25(30)19-9-11-20(12-10-19)28-34(31,32)22-15-13-21(14-16-22)33-4-2/h5-16,28H,3-4,17H2,1-2H3,(H,26,30)(H,27,29). The largest absolute Gasteiger partial charge is 0.494 e. The van der Waals surface area contributed by atoms with Gasteiger partial charge < -0.3 is 15.4 Å². The first-order valence-corrected chi connectivity index (χ1v) is 12.3. The fourth-order valence-electron chi connectivity index (χ4n) is 3.19. The van der Waals surface area contributed by atoms with E-state index in [1.165, 1.54) is 36.4 Å². The van der Waals surface area contributed by atoms with E-state index in [9.17, 15) is 18.0 Å². The molecule has 3 aromatic carbocycles. The van der Waals surface area contributed by atoms with E-state index in [-0.39, 0.29) is 17.3 Å². The van der Waals surface area contributed by atoms with Gasteiger partial charge in [-0.15, -0.1) is 0 Å². The fraction of sp³-hybridized carbons (Fsp3) is 0.200. The molecule has 9 heteroatoms. The molecular formula is C25H27N3O5S. The van der Waals surface area contributed by atoms with E-state index in [4.69, 9.17) is 4.74 Å². The second-order valence-corrected chi connectivity index (χ2v) is 9.01. The molecule has 0 heterocycles. The normalized spacial score (nSPS) is 10.9. The Labute approximate surface area is 199 Å². The van der Waals surface area contributed by atoms with Crippen molar-refractivity contribution in [2.24, 2.45) is 0 Å². The zero-order valence-corrected chi connectivity index (χ0v) is 19.8. The second-order valence-electron chi connectivity index (χ2n) is 7.33. The SMILES string of the molecule is CCOc1ccc(S(=O)(=O)Nc2ccc(C(=O)NCC(=O)Nc3ccccc3CC)cc2)cc1. The number of amides is 2. The van der Waals surface area contributed by atoms with Crippen molar-refractivity contribution in [2.45, 2.75) is 25.2 Å². The minimum absolute atomic E-state index is 0.0911. The van der Waals surface area contributed by atoms with Crippen LogP contribution in [0.15, 0.2) is 77.7 Å². The van der Waals surface area contributed by atoms with Crippen LogP contribution in [0.3, 0.4) is 0 Å². The van der Waals surface area contributed by atoms with Crippen molar-refractivity contribution >= 4 is 33.2 Å². The molecule has 3 N–H and O–H groups in total. The molecule has 178 valence electrons. The smallest absolute Gasteiger partial charge is 0.261 e. The monoisotopic (exact) mass is 481 g/mol. The summed E-state index contributed by atoms with van der Waals surface area (Å²) in [4.78, 5) is 24.7. The minimum Gasteiger partial charge on any atom is -0.494 e. The highest BCUT2D eigenvalue weighted by Crippen LogP contribution is 2.20. The molecule has 0 saturated carbocycles. The summed E-state index contributed by atoms with van der Waals surface area (Å²) >= 11 is 0. The molecule has 0 fully saturated rings. The van der Waals surface area contributed by atoms with Gasteiger partial charge in [0.15, 0.2) is 0 Å². The van der Waals surface area contributed by atoms with Gasteiger partial charge in [-0.3, -0.25) is 14.3 Å². The first kappa shape index (κ1) is 24.8. The van der Waals surface area contributed by atoms with Crippen LogP contribution >= 0.6 is 0 Å². The highest BCUT2D eigenvalue weighted by Gasteiger charge is 2.15. The summed E-state index contributed by atoms with van der Waals surface area (Å²) in [6, 6.07) is 19.5. The van der Waals surface area contributed by atoms with E-state index in [1.807, 2.05) is 38.1 Å².